The zero-order valence-corrected chi connectivity index (χ0v) is 28.5. The zero-order valence-electron chi connectivity index (χ0n) is 28.5. The molecule has 3 aliphatic rings. The van der Waals surface area contributed by atoms with Gasteiger partial charge in [0.2, 0.25) is 0 Å². The summed E-state index contributed by atoms with van der Waals surface area (Å²) in [4.78, 5) is 2.38. The summed E-state index contributed by atoms with van der Waals surface area (Å²) in [6.07, 6.45) is 22.6. The van der Waals surface area contributed by atoms with Crippen molar-refractivity contribution in [1.82, 2.24) is 4.57 Å². The minimum absolute atomic E-state index is 0.747. The number of anilines is 3. The summed E-state index contributed by atoms with van der Waals surface area (Å²) in [5, 5.41) is 2.59. The van der Waals surface area contributed by atoms with Crippen LogP contribution in [-0.4, -0.2) is 4.57 Å². The normalized spacial score (nSPS) is 17.6. The number of rotatable bonds is 7. The summed E-state index contributed by atoms with van der Waals surface area (Å²) in [6.45, 7) is 0. The highest BCUT2D eigenvalue weighted by atomic mass is 15.1. The van der Waals surface area contributed by atoms with Crippen LogP contribution >= 0.6 is 0 Å². The van der Waals surface area contributed by atoms with Gasteiger partial charge in [0.25, 0.3) is 0 Å². The second-order valence-electron chi connectivity index (χ2n) is 13.9. The predicted octanol–water partition coefficient (Wildman–Crippen LogP) is 13.5. The molecule has 9 rings (SSSR count). The molecule has 0 saturated carbocycles. The van der Waals surface area contributed by atoms with Gasteiger partial charge in [-0.2, -0.15) is 0 Å². The number of aromatic nitrogens is 1. The van der Waals surface area contributed by atoms with Crippen molar-refractivity contribution >= 4 is 44.6 Å². The summed E-state index contributed by atoms with van der Waals surface area (Å²) < 4.78 is 2.52. The largest absolute Gasteiger partial charge is 0.313 e. The number of nitrogens with zero attached hydrogens (tertiary/aromatic N) is 2. The van der Waals surface area contributed by atoms with E-state index >= 15 is 0 Å². The molecule has 2 heteroatoms. The Morgan fingerprint density at radius 2 is 1.16 bits per heavy atom. The molecule has 0 fully saturated rings. The molecule has 0 saturated heterocycles. The summed E-state index contributed by atoms with van der Waals surface area (Å²) in [5.74, 6) is 0.747. The molecule has 2 nitrogen and oxygen atoms in total. The fourth-order valence-electron chi connectivity index (χ4n) is 8.34. The SMILES string of the molecule is C1=CCC(C2=CC=C(C3=CC=C(n4c5ccccc5c5ccc(N(c6ccccc6)c6ccc(-c7ccccc7)cc6)cc54)CC3)CC2)CC1. The van der Waals surface area contributed by atoms with Crippen molar-refractivity contribution in [3.8, 4) is 11.1 Å². The molecule has 50 heavy (non-hydrogen) atoms. The first-order chi connectivity index (χ1) is 24.8. The van der Waals surface area contributed by atoms with E-state index in [-0.39, 0.29) is 0 Å². The third kappa shape index (κ3) is 5.75. The van der Waals surface area contributed by atoms with Crippen LogP contribution in [0.3, 0.4) is 0 Å². The predicted molar refractivity (Wildman–Crippen MR) is 213 cm³/mol. The molecule has 1 heterocycles. The van der Waals surface area contributed by atoms with Gasteiger partial charge in [-0.15, -0.1) is 0 Å². The third-order valence-corrected chi connectivity index (χ3v) is 11.0. The van der Waals surface area contributed by atoms with Crippen molar-refractivity contribution in [1.29, 1.82) is 0 Å². The summed E-state index contributed by atoms with van der Waals surface area (Å²) in [7, 11) is 0. The lowest BCUT2D eigenvalue weighted by molar-refractivity contribution is 0.530. The minimum atomic E-state index is 0.747. The third-order valence-electron chi connectivity index (χ3n) is 11.0. The van der Waals surface area contributed by atoms with E-state index in [2.05, 4.69) is 173 Å². The second-order valence-corrected chi connectivity index (χ2v) is 13.9. The van der Waals surface area contributed by atoms with Crippen LogP contribution < -0.4 is 4.90 Å². The fraction of sp³-hybridized carbons (Fsp3) is 0.167. The van der Waals surface area contributed by atoms with E-state index < -0.39 is 0 Å². The Hall–Kier alpha value is -5.60. The van der Waals surface area contributed by atoms with E-state index in [1.54, 1.807) is 5.57 Å². The standard InChI is InChI=1S/C48H42N2/c1-4-12-35(13-5-1)37-20-22-38(23-21-37)40-26-30-43(31-27-40)50-47-19-11-10-18-45(47)46-33-32-44(34-48(46)50)49(41-16-8-3-9-17-41)42-28-24-39(25-29-42)36-14-6-2-7-15-36/h1-4,6-11,14-20,22,24-26,28-30,32-35H,5,12-13,21,23,27,31H2. The van der Waals surface area contributed by atoms with Crippen molar-refractivity contribution in [2.45, 2.75) is 44.9 Å². The number of allylic oxidation sites excluding steroid dienone is 10. The molecular weight excluding hydrogens is 605 g/mol. The van der Waals surface area contributed by atoms with Gasteiger partial charge in [0, 0.05) is 33.5 Å². The maximum Gasteiger partial charge on any atom is 0.0558 e. The topological polar surface area (TPSA) is 8.17 Å². The number of fused-ring (bicyclic) bond motifs is 3. The molecule has 0 radical (unpaired) electrons. The van der Waals surface area contributed by atoms with Gasteiger partial charge in [-0.3, -0.25) is 0 Å². The van der Waals surface area contributed by atoms with E-state index in [4.69, 9.17) is 0 Å². The molecule has 1 aromatic heterocycles. The molecule has 0 bridgehead atoms. The molecule has 1 unspecified atom stereocenters. The lowest BCUT2D eigenvalue weighted by atomic mass is 9.80. The van der Waals surface area contributed by atoms with Gasteiger partial charge in [0.05, 0.1) is 11.0 Å². The van der Waals surface area contributed by atoms with Crippen LogP contribution in [0.4, 0.5) is 17.1 Å². The van der Waals surface area contributed by atoms with Gasteiger partial charge < -0.3 is 9.47 Å². The first-order valence-electron chi connectivity index (χ1n) is 18.3. The van der Waals surface area contributed by atoms with Crippen LogP contribution in [0.2, 0.25) is 0 Å². The quantitative estimate of drug-likeness (QED) is 0.157. The summed E-state index contributed by atoms with van der Waals surface area (Å²) in [5.41, 5.74) is 14.4. The maximum absolute atomic E-state index is 2.52. The Morgan fingerprint density at radius 1 is 0.500 bits per heavy atom. The fourth-order valence-corrected chi connectivity index (χ4v) is 8.34. The van der Waals surface area contributed by atoms with E-state index in [0.717, 1.165) is 35.8 Å². The van der Waals surface area contributed by atoms with Crippen LogP contribution in [0.5, 0.6) is 0 Å². The molecule has 0 spiro atoms. The van der Waals surface area contributed by atoms with Crippen molar-refractivity contribution < 1.29 is 0 Å². The number of hydrogen-bond donors (Lipinski definition) is 0. The van der Waals surface area contributed by atoms with E-state index in [0.29, 0.717) is 0 Å². The summed E-state index contributed by atoms with van der Waals surface area (Å²) in [6, 6.07) is 46.2. The van der Waals surface area contributed by atoms with Gasteiger partial charge in [-0.05, 0) is 122 Å². The first kappa shape index (κ1) is 30.5. The molecule has 5 aromatic carbocycles. The second kappa shape index (κ2) is 13.4. The van der Waals surface area contributed by atoms with E-state index in [1.165, 1.54) is 81.9 Å². The molecule has 0 amide bonds. The maximum atomic E-state index is 2.52. The molecule has 244 valence electrons. The van der Waals surface area contributed by atoms with E-state index in [1.807, 2.05) is 0 Å². The number of para-hydroxylation sites is 2. The van der Waals surface area contributed by atoms with Gasteiger partial charge in [0.1, 0.15) is 0 Å². The van der Waals surface area contributed by atoms with Gasteiger partial charge in [0.15, 0.2) is 0 Å². The lowest BCUT2D eigenvalue weighted by Gasteiger charge is -2.26. The highest BCUT2D eigenvalue weighted by Crippen LogP contribution is 2.42. The summed E-state index contributed by atoms with van der Waals surface area (Å²) >= 11 is 0. The number of benzene rings is 5. The van der Waals surface area contributed by atoms with Crippen molar-refractivity contribution in [2.75, 3.05) is 4.90 Å². The van der Waals surface area contributed by atoms with Crippen LogP contribution in [0.25, 0.3) is 38.6 Å². The van der Waals surface area contributed by atoms with E-state index in [9.17, 15) is 0 Å². The van der Waals surface area contributed by atoms with Crippen molar-refractivity contribution in [3.63, 3.8) is 0 Å². The lowest BCUT2D eigenvalue weighted by Crippen LogP contribution is -2.10. The Bertz CT molecular complexity index is 2330. The monoisotopic (exact) mass is 646 g/mol. The zero-order chi connectivity index (χ0) is 33.3. The Morgan fingerprint density at radius 3 is 1.88 bits per heavy atom. The Balaban J connectivity index is 1.10. The Kier molecular flexibility index (Phi) is 8.14. The van der Waals surface area contributed by atoms with Crippen LogP contribution in [0.1, 0.15) is 44.9 Å². The van der Waals surface area contributed by atoms with Crippen molar-refractivity contribution in [3.05, 3.63) is 181 Å². The van der Waals surface area contributed by atoms with Gasteiger partial charge in [-0.25, -0.2) is 0 Å². The average Bonchev–Trinajstić information content (AvgIpc) is 3.53. The molecule has 6 aromatic rings. The Labute approximate surface area is 295 Å². The molecular formula is C48H42N2. The van der Waals surface area contributed by atoms with Crippen LogP contribution in [-0.2, 0) is 0 Å². The number of hydrogen-bond acceptors (Lipinski definition) is 1. The molecule has 3 aliphatic carbocycles. The smallest absolute Gasteiger partial charge is 0.0558 e. The highest BCUT2D eigenvalue weighted by Gasteiger charge is 2.22. The highest BCUT2D eigenvalue weighted by molar-refractivity contribution is 6.11. The molecule has 1 atom stereocenters. The average molecular weight is 647 g/mol. The van der Waals surface area contributed by atoms with Crippen molar-refractivity contribution in [2.24, 2.45) is 5.92 Å². The first-order valence-corrected chi connectivity index (χ1v) is 18.3. The van der Waals surface area contributed by atoms with Crippen LogP contribution in [0, 0.1) is 5.92 Å². The van der Waals surface area contributed by atoms with Gasteiger partial charge in [-0.1, -0.05) is 121 Å². The molecule has 0 N–H and O–H groups in total. The van der Waals surface area contributed by atoms with Crippen LogP contribution in [0.15, 0.2) is 181 Å². The van der Waals surface area contributed by atoms with Gasteiger partial charge >= 0.3 is 0 Å². The minimum Gasteiger partial charge on any atom is -0.313 e. The molecule has 0 aliphatic heterocycles.